The van der Waals surface area contributed by atoms with Crippen LogP contribution in [0.3, 0.4) is 0 Å². The fourth-order valence-corrected chi connectivity index (χ4v) is 2.87. The average molecular weight is 341 g/mol. The van der Waals surface area contributed by atoms with E-state index in [0.717, 1.165) is 5.56 Å². The molecule has 0 aliphatic carbocycles. The molecule has 6 nitrogen and oxygen atoms in total. The van der Waals surface area contributed by atoms with Crippen molar-refractivity contribution in [2.24, 2.45) is 0 Å². The standard InChI is InChI=1S/C19H19NO5/c21-15-10-17(19(23)24)20(11-15)18(22)14-6-8-16(9-7-14)25-12-13-4-2-1-3-5-13/h1-9,15,17,21H,10-12H2,(H,23,24). The Kier molecular flexibility index (Phi) is 5.00. The molecule has 1 heterocycles. The Bertz CT molecular complexity index is 744. The third-order valence-corrected chi connectivity index (χ3v) is 4.17. The number of carbonyl (C=O) groups excluding carboxylic acids is 1. The zero-order valence-electron chi connectivity index (χ0n) is 13.5. The van der Waals surface area contributed by atoms with E-state index in [4.69, 9.17) is 4.74 Å². The first-order valence-electron chi connectivity index (χ1n) is 8.03. The lowest BCUT2D eigenvalue weighted by Gasteiger charge is -2.21. The summed E-state index contributed by atoms with van der Waals surface area (Å²) in [6.07, 6.45) is -0.752. The molecule has 1 saturated heterocycles. The van der Waals surface area contributed by atoms with E-state index in [1.165, 1.54) is 4.90 Å². The minimum absolute atomic E-state index is 0.0298. The molecule has 130 valence electrons. The highest BCUT2D eigenvalue weighted by atomic mass is 16.5. The molecule has 2 atom stereocenters. The van der Waals surface area contributed by atoms with Crippen LogP contribution >= 0.6 is 0 Å². The van der Waals surface area contributed by atoms with Crippen LogP contribution in [0.2, 0.25) is 0 Å². The molecule has 1 fully saturated rings. The minimum Gasteiger partial charge on any atom is -0.489 e. The van der Waals surface area contributed by atoms with Crippen molar-refractivity contribution in [3.05, 3.63) is 65.7 Å². The largest absolute Gasteiger partial charge is 0.489 e. The highest BCUT2D eigenvalue weighted by molar-refractivity contribution is 5.97. The first-order valence-corrected chi connectivity index (χ1v) is 8.03. The monoisotopic (exact) mass is 341 g/mol. The Morgan fingerprint density at radius 1 is 1.08 bits per heavy atom. The molecule has 2 unspecified atom stereocenters. The summed E-state index contributed by atoms with van der Waals surface area (Å²) in [5, 5.41) is 18.9. The fourth-order valence-electron chi connectivity index (χ4n) is 2.87. The third-order valence-electron chi connectivity index (χ3n) is 4.17. The maximum absolute atomic E-state index is 12.5. The second-order valence-electron chi connectivity index (χ2n) is 6.00. The molecule has 2 aromatic carbocycles. The van der Waals surface area contributed by atoms with Gasteiger partial charge >= 0.3 is 5.97 Å². The second-order valence-corrected chi connectivity index (χ2v) is 6.00. The van der Waals surface area contributed by atoms with Crippen molar-refractivity contribution in [1.29, 1.82) is 0 Å². The number of carbonyl (C=O) groups is 2. The second kappa shape index (κ2) is 7.36. The molecular weight excluding hydrogens is 322 g/mol. The summed E-state index contributed by atoms with van der Waals surface area (Å²) < 4.78 is 5.67. The number of carboxylic acid groups (broad SMARTS) is 1. The first-order chi connectivity index (χ1) is 12.0. The molecule has 1 aliphatic rings. The number of ether oxygens (including phenoxy) is 1. The Morgan fingerprint density at radius 2 is 1.76 bits per heavy atom. The Morgan fingerprint density at radius 3 is 2.40 bits per heavy atom. The van der Waals surface area contributed by atoms with Crippen molar-refractivity contribution in [1.82, 2.24) is 4.90 Å². The van der Waals surface area contributed by atoms with Gasteiger partial charge in [0.15, 0.2) is 0 Å². The van der Waals surface area contributed by atoms with Gasteiger partial charge in [-0.05, 0) is 29.8 Å². The van der Waals surface area contributed by atoms with Gasteiger partial charge in [-0.25, -0.2) is 4.79 Å². The van der Waals surface area contributed by atoms with Crippen LogP contribution in [0.1, 0.15) is 22.3 Å². The number of aliphatic hydroxyl groups excluding tert-OH is 1. The van der Waals surface area contributed by atoms with Gasteiger partial charge < -0.3 is 19.8 Å². The lowest BCUT2D eigenvalue weighted by molar-refractivity contribution is -0.141. The number of carboxylic acids is 1. The summed E-state index contributed by atoms with van der Waals surface area (Å²) in [7, 11) is 0. The minimum atomic E-state index is -1.10. The van der Waals surface area contributed by atoms with Crippen molar-refractivity contribution in [2.75, 3.05) is 6.54 Å². The van der Waals surface area contributed by atoms with Gasteiger partial charge in [-0.2, -0.15) is 0 Å². The molecule has 6 heteroatoms. The lowest BCUT2D eigenvalue weighted by Crippen LogP contribution is -2.40. The normalized spacial score (nSPS) is 19.6. The van der Waals surface area contributed by atoms with Crippen LogP contribution in [0, 0.1) is 0 Å². The topological polar surface area (TPSA) is 87.1 Å². The number of nitrogens with zero attached hydrogens (tertiary/aromatic N) is 1. The van der Waals surface area contributed by atoms with Crippen LogP contribution in [-0.4, -0.2) is 45.7 Å². The summed E-state index contributed by atoms with van der Waals surface area (Å²) in [6, 6.07) is 15.3. The van der Waals surface area contributed by atoms with E-state index in [2.05, 4.69) is 0 Å². The smallest absolute Gasteiger partial charge is 0.326 e. The van der Waals surface area contributed by atoms with Crippen LogP contribution in [0.4, 0.5) is 0 Å². The van der Waals surface area contributed by atoms with Gasteiger partial charge in [0, 0.05) is 18.5 Å². The Hall–Kier alpha value is -2.86. The maximum atomic E-state index is 12.5. The van der Waals surface area contributed by atoms with Crippen LogP contribution < -0.4 is 4.74 Å². The van der Waals surface area contributed by atoms with Gasteiger partial charge in [0.05, 0.1) is 6.10 Å². The van der Waals surface area contributed by atoms with Crippen LogP contribution in [0.25, 0.3) is 0 Å². The molecule has 25 heavy (non-hydrogen) atoms. The summed E-state index contributed by atoms with van der Waals surface area (Å²) in [5.74, 6) is -0.886. The molecule has 0 spiro atoms. The zero-order chi connectivity index (χ0) is 17.8. The van der Waals surface area contributed by atoms with Gasteiger partial charge in [-0.3, -0.25) is 4.79 Å². The van der Waals surface area contributed by atoms with Crippen molar-refractivity contribution in [2.45, 2.75) is 25.2 Å². The summed E-state index contributed by atoms with van der Waals surface area (Å²) in [4.78, 5) is 25.0. The highest BCUT2D eigenvalue weighted by Gasteiger charge is 2.39. The molecule has 0 bridgehead atoms. The molecule has 1 amide bonds. The van der Waals surface area contributed by atoms with E-state index in [9.17, 15) is 19.8 Å². The molecule has 1 aliphatic heterocycles. The molecule has 0 radical (unpaired) electrons. The Labute approximate surface area is 145 Å². The fraction of sp³-hybridized carbons (Fsp3) is 0.263. The van der Waals surface area contributed by atoms with Gasteiger partial charge in [-0.15, -0.1) is 0 Å². The van der Waals surface area contributed by atoms with Crippen molar-refractivity contribution < 1.29 is 24.5 Å². The van der Waals surface area contributed by atoms with Gasteiger partial charge in [0.25, 0.3) is 5.91 Å². The summed E-state index contributed by atoms with van der Waals surface area (Å²) in [6.45, 7) is 0.454. The number of likely N-dealkylation sites (tertiary alicyclic amines) is 1. The molecule has 3 rings (SSSR count). The number of β-amino-alcohol motifs (C(OH)–C–C–N with tert-alkyl or cyclic N) is 1. The molecule has 0 saturated carbocycles. The SMILES string of the molecule is O=C(O)C1CC(O)CN1C(=O)c1ccc(OCc2ccccc2)cc1. The quantitative estimate of drug-likeness (QED) is 0.868. The van der Waals surface area contributed by atoms with E-state index in [0.29, 0.717) is 17.9 Å². The predicted octanol–water partition coefficient (Wildman–Crippen LogP) is 1.93. The number of hydrogen-bond donors (Lipinski definition) is 2. The Balaban J connectivity index is 1.65. The number of hydrogen-bond acceptors (Lipinski definition) is 4. The average Bonchev–Trinajstić information content (AvgIpc) is 3.03. The van der Waals surface area contributed by atoms with Crippen molar-refractivity contribution in [3.63, 3.8) is 0 Å². The van der Waals surface area contributed by atoms with E-state index >= 15 is 0 Å². The van der Waals surface area contributed by atoms with Crippen LogP contribution in [-0.2, 0) is 11.4 Å². The molecular formula is C19H19NO5. The van der Waals surface area contributed by atoms with Crippen molar-refractivity contribution in [3.8, 4) is 5.75 Å². The van der Waals surface area contributed by atoms with Crippen LogP contribution in [0.15, 0.2) is 54.6 Å². The highest BCUT2D eigenvalue weighted by Crippen LogP contribution is 2.22. The van der Waals surface area contributed by atoms with E-state index in [1.54, 1.807) is 24.3 Å². The third kappa shape index (κ3) is 3.97. The van der Waals surface area contributed by atoms with E-state index < -0.39 is 24.0 Å². The lowest BCUT2D eigenvalue weighted by atomic mass is 10.1. The number of aliphatic hydroxyl groups is 1. The molecule has 0 aromatic heterocycles. The summed E-state index contributed by atoms with van der Waals surface area (Å²) >= 11 is 0. The van der Waals surface area contributed by atoms with E-state index in [-0.39, 0.29) is 13.0 Å². The number of rotatable bonds is 5. The van der Waals surface area contributed by atoms with Crippen molar-refractivity contribution >= 4 is 11.9 Å². The van der Waals surface area contributed by atoms with E-state index in [1.807, 2.05) is 30.3 Å². The van der Waals surface area contributed by atoms with Crippen LogP contribution in [0.5, 0.6) is 5.75 Å². The molecule has 2 N–H and O–H groups in total. The first kappa shape index (κ1) is 17.0. The number of aliphatic carboxylic acids is 1. The number of benzene rings is 2. The summed E-state index contributed by atoms with van der Waals surface area (Å²) in [5.41, 5.74) is 1.41. The van der Waals surface area contributed by atoms with Gasteiger partial charge in [0.1, 0.15) is 18.4 Å². The zero-order valence-corrected chi connectivity index (χ0v) is 13.5. The molecule has 2 aromatic rings. The van der Waals surface area contributed by atoms with Gasteiger partial charge in [0.2, 0.25) is 0 Å². The van der Waals surface area contributed by atoms with Gasteiger partial charge in [-0.1, -0.05) is 30.3 Å². The number of amides is 1. The maximum Gasteiger partial charge on any atom is 0.326 e. The predicted molar refractivity (Wildman–Crippen MR) is 90.3 cm³/mol.